The molecule has 3 rings (SSSR count). The van der Waals surface area contributed by atoms with Crippen molar-refractivity contribution in [1.29, 1.82) is 0 Å². The molecule has 0 atom stereocenters. The molecule has 0 aliphatic heterocycles. The number of halogens is 3. The highest BCUT2D eigenvalue weighted by molar-refractivity contribution is 5.94. The van der Waals surface area contributed by atoms with Crippen LogP contribution in [-0.4, -0.2) is 34.4 Å². The molecule has 2 aromatic heterocycles. The van der Waals surface area contributed by atoms with Crippen molar-refractivity contribution < 1.29 is 27.5 Å². The molecule has 2 aromatic rings. The summed E-state index contributed by atoms with van der Waals surface area (Å²) in [5, 5.41) is 2.72. The highest BCUT2D eigenvalue weighted by Gasteiger charge is 2.30. The van der Waals surface area contributed by atoms with Gasteiger partial charge >= 0.3 is 6.18 Å². The van der Waals surface area contributed by atoms with Gasteiger partial charge in [-0.2, -0.15) is 13.2 Å². The van der Waals surface area contributed by atoms with E-state index in [2.05, 4.69) is 20.0 Å². The predicted octanol–water partition coefficient (Wildman–Crippen LogP) is 3.18. The molecule has 1 N–H and O–H groups in total. The van der Waals surface area contributed by atoms with Gasteiger partial charge in [-0.15, -0.1) is 0 Å². The largest absolute Gasteiger partial charge is 0.468 e. The Morgan fingerprint density at radius 1 is 1.24 bits per heavy atom. The van der Waals surface area contributed by atoms with Gasteiger partial charge in [0.05, 0.1) is 0 Å². The number of rotatable bonds is 8. The fourth-order valence-corrected chi connectivity index (χ4v) is 2.75. The van der Waals surface area contributed by atoms with Gasteiger partial charge in [-0.05, 0) is 43.5 Å². The van der Waals surface area contributed by atoms with E-state index in [0.717, 1.165) is 12.8 Å². The monoisotopic (exact) mass is 407 g/mol. The second-order valence-corrected chi connectivity index (χ2v) is 7.01. The number of carbonyl (C=O) groups excluding carboxylic acids is 2. The van der Waals surface area contributed by atoms with Gasteiger partial charge < -0.3 is 10.1 Å². The number of nitrogens with zero attached hydrogens (tertiary/aromatic N) is 2. The number of hydrogen-bond donors (Lipinski definition) is 1. The van der Waals surface area contributed by atoms with Crippen LogP contribution in [0.3, 0.4) is 0 Å². The van der Waals surface area contributed by atoms with Crippen LogP contribution < -0.4 is 10.1 Å². The first-order valence-corrected chi connectivity index (χ1v) is 9.12. The molecule has 0 saturated heterocycles. The number of Topliss-reactive ketones (excluding diaryl/α,β-unsaturated/α-hetero) is 1. The maximum Gasteiger partial charge on any atom is 0.422 e. The summed E-state index contributed by atoms with van der Waals surface area (Å²) in [6.45, 7) is 0.311. The molecule has 2 heterocycles. The summed E-state index contributed by atoms with van der Waals surface area (Å²) in [4.78, 5) is 32.3. The average molecular weight is 407 g/mol. The molecule has 1 amide bonds. The van der Waals surface area contributed by atoms with Gasteiger partial charge in [0.2, 0.25) is 5.88 Å². The van der Waals surface area contributed by atoms with Crippen LogP contribution in [-0.2, 0) is 17.8 Å². The van der Waals surface area contributed by atoms with Gasteiger partial charge in [0.25, 0.3) is 5.91 Å². The van der Waals surface area contributed by atoms with Crippen LogP contribution >= 0.6 is 0 Å². The predicted molar refractivity (Wildman–Crippen MR) is 97.4 cm³/mol. The molecule has 6 nitrogen and oxygen atoms in total. The Morgan fingerprint density at radius 2 is 2.00 bits per heavy atom. The number of ketones is 1. The van der Waals surface area contributed by atoms with Crippen LogP contribution in [0.4, 0.5) is 13.2 Å². The summed E-state index contributed by atoms with van der Waals surface area (Å²) in [6, 6.07) is 4.75. The SMILES string of the molecule is Cc1cc(CNC(=O)c2ccnc(CC(=O)C3CC3)c2)cnc1OCC(F)(F)F. The minimum atomic E-state index is -4.44. The molecule has 0 unspecified atom stereocenters. The smallest absolute Gasteiger partial charge is 0.422 e. The molecule has 0 aromatic carbocycles. The Morgan fingerprint density at radius 3 is 2.66 bits per heavy atom. The van der Waals surface area contributed by atoms with Gasteiger partial charge in [0, 0.05) is 48.1 Å². The Hall–Kier alpha value is -2.97. The zero-order valence-electron chi connectivity index (χ0n) is 15.8. The maximum absolute atomic E-state index is 12.4. The molecule has 154 valence electrons. The van der Waals surface area contributed by atoms with E-state index in [-0.39, 0.29) is 36.5 Å². The summed E-state index contributed by atoms with van der Waals surface area (Å²) in [7, 11) is 0. The number of pyridine rings is 2. The molecule has 9 heteroatoms. The van der Waals surface area contributed by atoms with Gasteiger partial charge in [0.1, 0.15) is 5.78 Å². The van der Waals surface area contributed by atoms with Crippen LogP contribution in [0.1, 0.15) is 40.0 Å². The van der Waals surface area contributed by atoms with E-state index < -0.39 is 12.8 Å². The molecule has 0 radical (unpaired) electrons. The molecule has 1 saturated carbocycles. The van der Waals surface area contributed by atoms with Crippen molar-refractivity contribution in [2.45, 2.75) is 38.9 Å². The number of carbonyl (C=O) groups is 2. The second kappa shape index (κ2) is 8.59. The van der Waals surface area contributed by atoms with Crippen LogP contribution in [0, 0.1) is 12.8 Å². The summed E-state index contributed by atoms with van der Waals surface area (Å²) in [5.41, 5.74) is 1.99. The number of aromatic nitrogens is 2. The first-order chi connectivity index (χ1) is 13.7. The molecular weight excluding hydrogens is 387 g/mol. The van der Waals surface area contributed by atoms with Crippen molar-refractivity contribution in [3.05, 3.63) is 53.0 Å². The van der Waals surface area contributed by atoms with Gasteiger partial charge in [-0.25, -0.2) is 4.98 Å². The van der Waals surface area contributed by atoms with E-state index in [4.69, 9.17) is 0 Å². The van der Waals surface area contributed by atoms with Crippen molar-refractivity contribution in [3.63, 3.8) is 0 Å². The Bertz CT molecular complexity index is 911. The first kappa shape index (κ1) is 20.8. The number of ether oxygens (including phenoxy) is 1. The fraction of sp³-hybridized carbons (Fsp3) is 0.400. The fourth-order valence-electron chi connectivity index (χ4n) is 2.75. The van der Waals surface area contributed by atoms with E-state index in [1.165, 1.54) is 12.4 Å². The van der Waals surface area contributed by atoms with Crippen LogP contribution in [0.25, 0.3) is 0 Å². The molecule has 1 aliphatic carbocycles. The topological polar surface area (TPSA) is 81.2 Å². The molecule has 0 bridgehead atoms. The Balaban J connectivity index is 1.56. The third-order valence-electron chi connectivity index (χ3n) is 4.38. The average Bonchev–Trinajstić information content (AvgIpc) is 3.50. The number of hydrogen-bond acceptors (Lipinski definition) is 5. The minimum absolute atomic E-state index is 0.100. The molecular formula is C20H20F3N3O3. The van der Waals surface area contributed by atoms with Crippen molar-refractivity contribution in [2.75, 3.05) is 6.61 Å². The summed E-state index contributed by atoms with van der Waals surface area (Å²) in [6.07, 6.45) is 0.467. The number of aryl methyl sites for hydroxylation is 1. The number of nitrogens with one attached hydrogen (secondary N) is 1. The van der Waals surface area contributed by atoms with E-state index >= 15 is 0 Å². The summed E-state index contributed by atoms with van der Waals surface area (Å²) in [5.74, 6) is -0.170. The Kier molecular flexibility index (Phi) is 6.14. The van der Waals surface area contributed by atoms with Crippen LogP contribution in [0.2, 0.25) is 0 Å². The highest BCUT2D eigenvalue weighted by Crippen LogP contribution is 2.30. The van der Waals surface area contributed by atoms with Gasteiger partial charge in [-0.1, -0.05) is 0 Å². The highest BCUT2D eigenvalue weighted by atomic mass is 19.4. The maximum atomic E-state index is 12.4. The number of amides is 1. The Labute approximate surface area is 165 Å². The third kappa shape index (κ3) is 6.27. The van der Waals surface area contributed by atoms with E-state index in [1.54, 1.807) is 25.1 Å². The quantitative estimate of drug-likeness (QED) is 0.727. The van der Waals surface area contributed by atoms with Crippen LogP contribution in [0.15, 0.2) is 30.6 Å². The molecule has 1 fully saturated rings. The lowest BCUT2D eigenvalue weighted by Crippen LogP contribution is -2.23. The van der Waals surface area contributed by atoms with Crippen molar-refractivity contribution >= 4 is 11.7 Å². The number of alkyl halides is 3. The van der Waals surface area contributed by atoms with Crippen LogP contribution in [0.5, 0.6) is 5.88 Å². The first-order valence-electron chi connectivity index (χ1n) is 9.12. The lowest BCUT2D eigenvalue weighted by Gasteiger charge is -2.12. The molecule has 1 aliphatic rings. The zero-order chi connectivity index (χ0) is 21.0. The summed E-state index contributed by atoms with van der Waals surface area (Å²) < 4.78 is 41.4. The third-order valence-corrected chi connectivity index (χ3v) is 4.38. The zero-order valence-corrected chi connectivity index (χ0v) is 15.8. The molecule has 0 spiro atoms. The lowest BCUT2D eigenvalue weighted by atomic mass is 10.1. The standard InChI is InChI=1S/C20H20F3N3O3/c1-12-6-13(10-26-19(12)29-11-20(21,22)23)9-25-18(28)15-4-5-24-16(7-15)8-17(27)14-2-3-14/h4-7,10,14H,2-3,8-9,11H2,1H3,(H,25,28). The van der Waals surface area contributed by atoms with E-state index in [1.807, 2.05) is 0 Å². The second-order valence-electron chi connectivity index (χ2n) is 7.01. The van der Waals surface area contributed by atoms with Crippen molar-refractivity contribution in [2.24, 2.45) is 5.92 Å². The van der Waals surface area contributed by atoms with E-state index in [0.29, 0.717) is 22.4 Å². The normalized spacial score (nSPS) is 13.8. The van der Waals surface area contributed by atoms with Gasteiger partial charge in [0.15, 0.2) is 6.61 Å². The van der Waals surface area contributed by atoms with E-state index in [9.17, 15) is 22.8 Å². The van der Waals surface area contributed by atoms with Gasteiger partial charge in [-0.3, -0.25) is 14.6 Å². The van der Waals surface area contributed by atoms with Crippen molar-refractivity contribution in [3.8, 4) is 5.88 Å². The van der Waals surface area contributed by atoms with Crippen molar-refractivity contribution in [1.82, 2.24) is 15.3 Å². The summed E-state index contributed by atoms with van der Waals surface area (Å²) >= 11 is 0. The molecule has 29 heavy (non-hydrogen) atoms. The lowest BCUT2D eigenvalue weighted by molar-refractivity contribution is -0.154. The minimum Gasteiger partial charge on any atom is -0.468 e.